The third-order valence-corrected chi connectivity index (χ3v) is 2.23. The van der Waals surface area contributed by atoms with E-state index in [9.17, 15) is 4.79 Å². The first-order valence-corrected chi connectivity index (χ1v) is 4.69. The molecule has 0 atom stereocenters. The maximum Gasteiger partial charge on any atom is 0.253 e. The summed E-state index contributed by atoms with van der Waals surface area (Å²) in [5.74, 6) is 0.722. The molecule has 4 nitrogen and oxygen atoms in total. The molecule has 0 radical (unpaired) electrons. The van der Waals surface area contributed by atoms with E-state index >= 15 is 0 Å². The molecule has 0 aromatic carbocycles. The fraction of sp³-hybridized carbons (Fsp3) is 0.182. The molecule has 0 unspecified atom stereocenters. The molecule has 0 aliphatic rings. The van der Waals surface area contributed by atoms with Gasteiger partial charge in [0.2, 0.25) is 0 Å². The van der Waals surface area contributed by atoms with Crippen molar-refractivity contribution in [1.82, 2.24) is 14.5 Å². The zero-order valence-electron chi connectivity index (χ0n) is 8.42. The molecule has 0 spiro atoms. The van der Waals surface area contributed by atoms with Crippen LogP contribution < -0.4 is 5.56 Å². The summed E-state index contributed by atoms with van der Waals surface area (Å²) in [5.41, 5.74) is 1.02. The maximum atomic E-state index is 11.6. The molecule has 0 amide bonds. The monoisotopic (exact) mass is 201 g/mol. The van der Waals surface area contributed by atoms with Crippen LogP contribution in [0.3, 0.4) is 0 Å². The first-order valence-electron chi connectivity index (χ1n) is 4.69. The lowest BCUT2D eigenvalue weighted by Gasteiger charge is -2.07. The average Bonchev–Trinajstić information content (AvgIpc) is 2.25. The summed E-state index contributed by atoms with van der Waals surface area (Å²) in [7, 11) is 0. The highest BCUT2D eigenvalue weighted by molar-refractivity contribution is 5.11. The van der Waals surface area contributed by atoms with E-state index in [1.54, 1.807) is 17.0 Å². The van der Waals surface area contributed by atoms with Crippen LogP contribution in [0.2, 0.25) is 0 Å². The van der Waals surface area contributed by atoms with Crippen molar-refractivity contribution < 1.29 is 0 Å². The van der Waals surface area contributed by atoms with Crippen molar-refractivity contribution in [2.45, 2.75) is 13.5 Å². The highest BCUT2D eigenvalue weighted by Gasteiger charge is 2.00. The van der Waals surface area contributed by atoms with Crippen molar-refractivity contribution in [2.24, 2.45) is 0 Å². The number of hydrogen-bond donors (Lipinski definition) is 0. The predicted octanol–water partition coefficient (Wildman–Crippen LogP) is 0.995. The van der Waals surface area contributed by atoms with Gasteiger partial charge in [-0.05, 0) is 24.6 Å². The van der Waals surface area contributed by atoms with Gasteiger partial charge in [0.25, 0.3) is 5.56 Å². The first kappa shape index (κ1) is 9.58. The van der Waals surface area contributed by atoms with E-state index in [0.29, 0.717) is 6.54 Å². The van der Waals surface area contributed by atoms with Gasteiger partial charge in [0.1, 0.15) is 5.82 Å². The fourth-order valence-electron chi connectivity index (χ4n) is 1.39. The van der Waals surface area contributed by atoms with Crippen molar-refractivity contribution >= 4 is 0 Å². The van der Waals surface area contributed by atoms with E-state index in [-0.39, 0.29) is 5.56 Å². The number of aryl methyl sites for hydroxylation is 1. The number of aromatic nitrogens is 3. The lowest BCUT2D eigenvalue weighted by Crippen LogP contribution is -2.22. The highest BCUT2D eigenvalue weighted by atomic mass is 16.1. The van der Waals surface area contributed by atoms with Crippen LogP contribution in [0.1, 0.15) is 11.4 Å². The second-order valence-corrected chi connectivity index (χ2v) is 3.27. The summed E-state index contributed by atoms with van der Waals surface area (Å²) >= 11 is 0. The molecule has 76 valence electrons. The highest BCUT2D eigenvalue weighted by Crippen LogP contribution is 1.99. The van der Waals surface area contributed by atoms with Crippen LogP contribution in [-0.4, -0.2) is 14.5 Å². The molecule has 4 heteroatoms. The minimum atomic E-state index is -0.0284. The van der Waals surface area contributed by atoms with Gasteiger partial charge in [-0.3, -0.25) is 14.3 Å². The lowest BCUT2D eigenvalue weighted by atomic mass is 10.2. The van der Waals surface area contributed by atoms with Crippen LogP contribution in [-0.2, 0) is 6.54 Å². The molecule has 0 saturated carbocycles. The van der Waals surface area contributed by atoms with Crippen LogP contribution in [0.5, 0.6) is 0 Å². The van der Waals surface area contributed by atoms with Crippen LogP contribution in [0, 0.1) is 6.92 Å². The van der Waals surface area contributed by atoms with Gasteiger partial charge in [0, 0.05) is 24.7 Å². The van der Waals surface area contributed by atoms with Gasteiger partial charge in [0.05, 0.1) is 6.54 Å². The van der Waals surface area contributed by atoms with Crippen molar-refractivity contribution in [3.05, 3.63) is 58.5 Å². The van der Waals surface area contributed by atoms with Crippen molar-refractivity contribution in [3.63, 3.8) is 0 Å². The Morgan fingerprint density at radius 3 is 2.60 bits per heavy atom. The van der Waals surface area contributed by atoms with Gasteiger partial charge < -0.3 is 0 Å². The number of hydrogen-bond acceptors (Lipinski definition) is 3. The Hall–Kier alpha value is -1.97. The molecular weight excluding hydrogens is 190 g/mol. The molecule has 2 heterocycles. The summed E-state index contributed by atoms with van der Waals surface area (Å²) in [4.78, 5) is 19.6. The Morgan fingerprint density at radius 1 is 1.20 bits per heavy atom. The molecule has 0 N–H and O–H groups in total. The lowest BCUT2D eigenvalue weighted by molar-refractivity contribution is 0.699. The van der Waals surface area contributed by atoms with E-state index in [4.69, 9.17) is 0 Å². The molecule has 15 heavy (non-hydrogen) atoms. The Morgan fingerprint density at radius 2 is 1.93 bits per heavy atom. The molecule has 0 bridgehead atoms. The van der Waals surface area contributed by atoms with Gasteiger partial charge in [-0.15, -0.1) is 0 Å². The van der Waals surface area contributed by atoms with E-state index < -0.39 is 0 Å². The minimum Gasteiger partial charge on any atom is -0.292 e. The molecule has 0 saturated heterocycles. The van der Waals surface area contributed by atoms with Gasteiger partial charge >= 0.3 is 0 Å². The fourth-order valence-corrected chi connectivity index (χ4v) is 1.39. The topological polar surface area (TPSA) is 47.8 Å². The maximum absolute atomic E-state index is 11.6. The Labute approximate surface area is 87.2 Å². The van der Waals surface area contributed by atoms with Crippen molar-refractivity contribution in [3.8, 4) is 0 Å². The largest absolute Gasteiger partial charge is 0.292 e. The van der Waals surface area contributed by atoms with Gasteiger partial charge in [-0.1, -0.05) is 0 Å². The molecule has 0 aliphatic heterocycles. The summed E-state index contributed by atoms with van der Waals surface area (Å²) < 4.78 is 1.63. The van der Waals surface area contributed by atoms with Crippen molar-refractivity contribution in [1.29, 1.82) is 0 Å². The first-order chi connectivity index (χ1) is 7.27. The number of nitrogens with zero attached hydrogens (tertiary/aromatic N) is 3. The van der Waals surface area contributed by atoms with Gasteiger partial charge in [-0.25, -0.2) is 4.98 Å². The zero-order chi connectivity index (χ0) is 10.7. The number of pyridine rings is 1. The summed E-state index contributed by atoms with van der Waals surface area (Å²) in [5, 5.41) is 0. The third kappa shape index (κ3) is 2.10. The predicted molar refractivity (Wildman–Crippen MR) is 56.6 cm³/mol. The Balaban J connectivity index is 2.37. The molecule has 2 aromatic heterocycles. The molecule has 0 aliphatic carbocycles. The van der Waals surface area contributed by atoms with Crippen LogP contribution in [0.15, 0.2) is 41.6 Å². The zero-order valence-corrected chi connectivity index (χ0v) is 8.42. The van der Waals surface area contributed by atoms with E-state index in [2.05, 4.69) is 9.97 Å². The molecular formula is C11H11N3O. The minimum absolute atomic E-state index is 0.0284. The third-order valence-electron chi connectivity index (χ3n) is 2.23. The van der Waals surface area contributed by atoms with Crippen LogP contribution >= 0.6 is 0 Å². The van der Waals surface area contributed by atoms with Crippen molar-refractivity contribution in [2.75, 3.05) is 0 Å². The van der Waals surface area contributed by atoms with Gasteiger partial charge in [-0.2, -0.15) is 0 Å². The van der Waals surface area contributed by atoms with E-state index in [1.807, 2.05) is 19.1 Å². The smallest absolute Gasteiger partial charge is 0.253 e. The van der Waals surface area contributed by atoms with Crippen LogP contribution in [0.4, 0.5) is 0 Å². The number of rotatable bonds is 2. The molecule has 0 fully saturated rings. The standard InChI is InChI=1S/C11H11N3O/c1-9-13-7-4-11(15)14(9)8-10-2-5-12-6-3-10/h2-7H,8H2,1H3. The Bertz CT molecular complexity index is 505. The van der Waals surface area contributed by atoms with E-state index in [0.717, 1.165) is 11.4 Å². The second kappa shape index (κ2) is 4.04. The molecule has 2 rings (SSSR count). The van der Waals surface area contributed by atoms with Crippen LogP contribution in [0.25, 0.3) is 0 Å². The average molecular weight is 201 g/mol. The van der Waals surface area contributed by atoms with E-state index in [1.165, 1.54) is 12.3 Å². The normalized spacial score (nSPS) is 10.2. The summed E-state index contributed by atoms with van der Waals surface area (Å²) in [6.07, 6.45) is 4.96. The summed E-state index contributed by atoms with van der Waals surface area (Å²) in [6, 6.07) is 5.24. The molecule has 2 aromatic rings. The van der Waals surface area contributed by atoms with Gasteiger partial charge in [0.15, 0.2) is 0 Å². The Kier molecular flexibility index (Phi) is 2.58. The summed E-state index contributed by atoms with van der Waals surface area (Å²) in [6.45, 7) is 2.36. The SMILES string of the molecule is Cc1nccc(=O)n1Cc1ccncc1. The second-order valence-electron chi connectivity index (χ2n) is 3.27. The quantitative estimate of drug-likeness (QED) is 0.728.